The van der Waals surface area contributed by atoms with Crippen molar-refractivity contribution in [2.75, 3.05) is 24.9 Å². The second kappa shape index (κ2) is 13.3. The fraction of sp³-hybridized carbons (Fsp3) is 0.281. The molecule has 5 rings (SSSR count). The van der Waals surface area contributed by atoms with Crippen LogP contribution in [0.25, 0.3) is 16.8 Å². The Kier molecular flexibility index (Phi) is 9.33. The van der Waals surface area contributed by atoms with Gasteiger partial charge < -0.3 is 20.1 Å². The molecule has 2 atom stereocenters. The average Bonchev–Trinajstić information content (AvgIpc) is 3.41. The van der Waals surface area contributed by atoms with Gasteiger partial charge in [-0.3, -0.25) is 19.5 Å². The molecular weight excluding hydrogens is 603 g/mol. The zero-order valence-electron chi connectivity index (χ0n) is 25.1. The van der Waals surface area contributed by atoms with Crippen molar-refractivity contribution in [3.8, 4) is 22.7 Å². The SMILES string of the molecule is COC(=O)Nc1ccc2c(c1)NC(=O)C(C)CCCC(NC(=O)c1ncn(-c3cccc(Cl)c3F)c1C)c1cc-2cc(OC)n1. The van der Waals surface area contributed by atoms with E-state index in [9.17, 15) is 18.8 Å². The van der Waals surface area contributed by atoms with E-state index in [1.165, 1.54) is 31.2 Å². The number of carbonyl (C=O) groups is 3. The number of nitrogens with zero attached hydrogens (tertiary/aromatic N) is 3. The third kappa shape index (κ3) is 6.75. The summed E-state index contributed by atoms with van der Waals surface area (Å²) in [5.74, 6) is -1.33. The minimum atomic E-state index is -0.646. The maximum Gasteiger partial charge on any atom is 0.411 e. The molecule has 0 radical (unpaired) electrons. The van der Waals surface area contributed by atoms with Crippen LogP contribution in [0.1, 0.15) is 54.1 Å². The summed E-state index contributed by atoms with van der Waals surface area (Å²) in [7, 11) is 2.75. The summed E-state index contributed by atoms with van der Waals surface area (Å²) in [6, 6.07) is 12.7. The van der Waals surface area contributed by atoms with Crippen LogP contribution in [0.4, 0.5) is 20.6 Å². The Morgan fingerprint density at radius 1 is 1.13 bits per heavy atom. The van der Waals surface area contributed by atoms with Crippen molar-refractivity contribution in [1.29, 1.82) is 0 Å². The topological polar surface area (TPSA) is 136 Å². The fourth-order valence-corrected chi connectivity index (χ4v) is 5.37. The number of halogens is 2. The Hall–Kier alpha value is -4.97. The molecule has 0 fully saturated rings. The third-order valence-electron chi connectivity index (χ3n) is 7.70. The minimum absolute atomic E-state index is 0.0415. The van der Waals surface area contributed by atoms with Gasteiger partial charge in [-0.15, -0.1) is 0 Å². The van der Waals surface area contributed by atoms with E-state index in [-0.39, 0.29) is 28.2 Å². The maximum atomic E-state index is 14.8. The molecule has 0 spiro atoms. The van der Waals surface area contributed by atoms with Crippen molar-refractivity contribution < 1.29 is 28.2 Å². The molecule has 4 aromatic rings. The van der Waals surface area contributed by atoms with Gasteiger partial charge >= 0.3 is 6.09 Å². The van der Waals surface area contributed by atoms with Crippen LogP contribution >= 0.6 is 11.6 Å². The number of aromatic nitrogens is 3. The first kappa shape index (κ1) is 31.5. The average molecular weight is 635 g/mol. The van der Waals surface area contributed by atoms with E-state index < -0.39 is 23.9 Å². The predicted molar refractivity (Wildman–Crippen MR) is 167 cm³/mol. The number of rotatable bonds is 5. The summed E-state index contributed by atoms with van der Waals surface area (Å²) < 4.78 is 26.5. The van der Waals surface area contributed by atoms with Crippen molar-refractivity contribution >= 4 is 40.9 Å². The van der Waals surface area contributed by atoms with Crippen LogP contribution < -0.4 is 20.7 Å². The molecule has 3 N–H and O–H groups in total. The van der Waals surface area contributed by atoms with Gasteiger partial charge in [-0.2, -0.15) is 0 Å². The van der Waals surface area contributed by atoms with Gasteiger partial charge in [0.15, 0.2) is 5.82 Å². The lowest BCUT2D eigenvalue weighted by molar-refractivity contribution is -0.119. The van der Waals surface area contributed by atoms with E-state index in [4.69, 9.17) is 21.1 Å². The molecule has 3 heterocycles. The zero-order chi connectivity index (χ0) is 32.2. The Labute approximate surface area is 264 Å². The van der Waals surface area contributed by atoms with Gasteiger partial charge in [0.25, 0.3) is 5.91 Å². The lowest BCUT2D eigenvalue weighted by atomic mass is 9.95. The van der Waals surface area contributed by atoms with Gasteiger partial charge in [0.2, 0.25) is 11.8 Å². The van der Waals surface area contributed by atoms with E-state index in [1.54, 1.807) is 43.3 Å². The molecule has 2 aromatic carbocycles. The van der Waals surface area contributed by atoms with Gasteiger partial charge in [0.1, 0.15) is 12.0 Å². The molecule has 2 aromatic heterocycles. The highest BCUT2D eigenvalue weighted by Crippen LogP contribution is 2.36. The largest absolute Gasteiger partial charge is 0.481 e. The lowest BCUT2D eigenvalue weighted by Gasteiger charge is -2.23. The Balaban J connectivity index is 1.53. The van der Waals surface area contributed by atoms with Crippen molar-refractivity contribution in [1.82, 2.24) is 19.9 Å². The number of anilines is 2. The minimum Gasteiger partial charge on any atom is -0.481 e. The van der Waals surface area contributed by atoms with Crippen LogP contribution in [0.3, 0.4) is 0 Å². The highest BCUT2D eigenvalue weighted by molar-refractivity contribution is 6.30. The van der Waals surface area contributed by atoms with Gasteiger partial charge in [-0.05, 0) is 55.7 Å². The molecule has 45 heavy (non-hydrogen) atoms. The highest BCUT2D eigenvalue weighted by atomic mass is 35.5. The molecule has 3 amide bonds. The Morgan fingerprint density at radius 2 is 1.93 bits per heavy atom. The number of hydrogen-bond acceptors (Lipinski definition) is 7. The number of hydrogen-bond donors (Lipinski definition) is 3. The summed E-state index contributed by atoms with van der Waals surface area (Å²) in [6.45, 7) is 3.50. The molecule has 234 valence electrons. The number of carbonyl (C=O) groups excluding carboxylic acids is 3. The molecule has 0 saturated heterocycles. The summed E-state index contributed by atoms with van der Waals surface area (Å²) >= 11 is 5.98. The van der Waals surface area contributed by atoms with E-state index >= 15 is 0 Å². The molecule has 1 aliphatic rings. The molecule has 1 aliphatic heterocycles. The second-order valence-electron chi connectivity index (χ2n) is 10.7. The number of ether oxygens (including phenoxy) is 2. The molecular formula is C32H32ClFN6O5. The van der Waals surface area contributed by atoms with Crippen LogP contribution in [-0.4, -0.2) is 46.7 Å². The standard InChI is InChI=1S/C32H32ClFN6O5/c1-17-7-5-9-23(38-31(42)29-18(2)40(16-35-29)26-10-6-8-22(33)28(26)34)25-13-19(14-27(37-25)44-3)21-12-11-20(36-32(43)45-4)15-24(21)39-30(17)41/h6,8,10-17,23H,5,7,9H2,1-4H3,(H,36,43)(H,38,42)(H,39,41). The Bertz CT molecular complexity index is 1780. The first-order chi connectivity index (χ1) is 21.6. The Morgan fingerprint density at radius 3 is 2.69 bits per heavy atom. The first-order valence-corrected chi connectivity index (χ1v) is 14.6. The quantitative estimate of drug-likeness (QED) is 0.229. The van der Waals surface area contributed by atoms with E-state index in [0.29, 0.717) is 59.0 Å². The van der Waals surface area contributed by atoms with Crippen molar-refractivity contribution in [2.45, 2.75) is 39.2 Å². The number of fused-ring (bicyclic) bond motifs is 4. The number of benzene rings is 2. The van der Waals surface area contributed by atoms with E-state index in [0.717, 1.165) is 0 Å². The van der Waals surface area contributed by atoms with Crippen LogP contribution in [0.15, 0.2) is 54.9 Å². The molecule has 2 unspecified atom stereocenters. The maximum absolute atomic E-state index is 14.8. The summed E-state index contributed by atoms with van der Waals surface area (Å²) in [5, 5.41) is 8.62. The summed E-state index contributed by atoms with van der Waals surface area (Å²) in [5.41, 5.74) is 3.47. The normalized spacial score (nSPS) is 16.4. The van der Waals surface area contributed by atoms with Gasteiger partial charge in [0, 0.05) is 23.2 Å². The summed E-state index contributed by atoms with van der Waals surface area (Å²) in [6.07, 6.45) is 2.33. The number of amides is 3. The zero-order valence-corrected chi connectivity index (χ0v) is 25.9. The monoisotopic (exact) mass is 634 g/mol. The van der Waals surface area contributed by atoms with Crippen LogP contribution in [-0.2, 0) is 9.53 Å². The van der Waals surface area contributed by atoms with Crippen molar-refractivity contribution in [3.63, 3.8) is 0 Å². The lowest BCUT2D eigenvalue weighted by Crippen LogP contribution is -2.30. The molecule has 2 bridgehead atoms. The number of nitrogens with one attached hydrogen (secondary N) is 3. The number of pyridine rings is 1. The predicted octanol–water partition coefficient (Wildman–Crippen LogP) is 6.45. The van der Waals surface area contributed by atoms with E-state index in [1.807, 2.05) is 13.0 Å². The fourth-order valence-electron chi connectivity index (χ4n) is 5.20. The molecule has 0 aliphatic carbocycles. The summed E-state index contributed by atoms with van der Waals surface area (Å²) in [4.78, 5) is 47.6. The molecule has 13 heteroatoms. The first-order valence-electron chi connectivity index (χ1n) is 14.2. The van der Waals surface area contributed by atoms with Crippen LogP contribution in [0.2, 0.25) is 5.02 Å². The number of methoxy groups -OCH3 is 2. The molecule has 11 nitrogen and oxygen atoms in total. The van der Waals surface area contributed by atoms with Crippen molar-refractivity contribution in [3.05, 3.63) is 82.8 Å². The third-order valence-corrected chi connectivity index (χ3v) is 7.99. The second-order valence-corrected chi connectivity index (χ2v) is 11.1. The van der Waals surface area contributed by atoms with Gasteiger partial charge in [-0.1, -0.05) is 37.1 Å². The van der Waals surface area contributed by atoms with Gasteiger partial charge in [0.05, 0.1) is 48.0 Å². The highest BCUT2D eigenvalue weighted by Gasteiger charge is 2.26. The number of imidazole rings is 1. The van der Waals surface area contributed by atoms with Gasteiger partial charge in [-0.25, -0.2) is 19.2 Å². The van der Waals surface area contributed by atoms with Crippen LogP contribution in [0.5, 0.6) is 5.88 Å². The smallest absolute Gasteiger partial charge is 0.411 e. The van der Waals surface area contributed by atoms with E-state index in [2.05, 4.69) is 25.9 Å². The van der Waals surface area contributed by atoms with Crippen LogP contribution in [0, 0.1) is 18.7 Å². The van der Waals surface area contributed by atoms with Crippen molar-refractivity contribution in [2.24, 2.45) is 5.92 Å². The molecule has 0 saturated carbocycles.